The van der Waals surface area contributed by atoms with Crippen molar-refractivity contribution in [3.8, 4) is 0 Å². The molecule has 4 heterocycles. The molecule has 2 aliphatic carbocycles. The lowest BCUT2D eigenvalue weighted by atomic mass is 9.68. The van der Waals surface area contributed by atoms with Gasteiger partial charge in [-0.2, -0.15) is 15.0 Å². The molecule has 2 saturated carbocycles. The van der Waals surface area contributed by atoms with E-state index >= 15 is 0 Å². The second-order valence-electron chi connectivity index (χ2n) is 14.6. The standard InChI is InChI=1S/C33H55N11O3/c1-34-14-17-41(3)20-25-19-36-39-27(25)23-5-9-32(10-6-23)13-16-43(30(32)46)44-22-26(21-42(4)18-15-35-2)28(40-44)24-7-11-33(12-8-24)29(45)37-31(47)38-33/h19,22-24,30,34-35,46H,5-18,20-21H2,1-4H3,(H,36,39)(H2,37,38,45,47). The van der Waals surface area contributed by atoms with Crippen LogP contribution in [0.15, 0.2) is 12.4 Å². The highest BCUT2D eigenvalue weighted by molar-refractivity contribution is 6.07. The summed E-state index contributed by atoms with van der Waals surface area (Å²) < 4.78 is 0. The fourth-order valence-electron chi connectivity index (χ4n) is 8.52. The van der Waals surface area contributed by atoms with E-state index in [0.717, 1.165) is 102 Å². The summed E-state index contributed by atoms with van der Waals surface area (Å²) in [6.07, 6.45) is 11.2. The summed E-state index contributed by atoms with van der Waals surface area (Å²) in [6, 6.07) is -0.395. The number of likely N-dealkylation sites (N-methyl/N-ethyl adjacent to an activating group) is 4. The minimum Gasteiger partial charge on any atom is -0.372 e. The topological polar surface area (TPSA) is 159 Å². The van der Waals surface area contributed by atoms with E-state index in [-0.39, 0.29) is 17.2 Å². The summed E-state index contributed by atoms with van der Waals surface area (Å²) in [4.78, 5) is 31.0. The summed E-state index contributed by atoms with van der Waals surface area (Å²) in [5, 5.41) is 38.7. The molecule has 6 rings (SSSR count). The number of imide groups is 1. The van der Waals surface area contributed by atoms with Crippen molar-refractivity contribution in [2.75, 3.05) is 65.9 Å². The van der Waals surface area contributed by atoms with Crippen molar-refractivity contribution in [3.63, 3.8) is 0 Å². The van der Waals surface area contributed by atoms with Crippen LogP contribution < -0.4 is 26.3 Å². The average Bonchev–Trinajstić information content (AvgIpc) is 3.82. The number of aliphatic hydroxyl groups excluding tert-OH is 1. The van der Waals surface area contributed by atoms with Crippen molar-refractivity contribution >= 4 is 11.9 Å². The molecule has 2 aromatic rings. The van der Waals surface area contributed by atoms with Crippen LogP contribution in [0.4, 0.5) is 4.79 Å². The zero-order valence-corrected chi connectivity index (χ0v) is 28.6. The Morgan fingerprint density at radius 1 is 0.936 bits per heavy atom. The van der Waals surface area contributed by atoms with Crippen molar-refractivity contribution in [3.05, 3.63) is 34.9 Å². The van der Waals surface area contributed by atoms with Gasteiger partial charge in [-0.1, -0.05) is 0 Å². The molecule has 0 radical (unpaired) electrons. The van der Waals surface area contributed by atoms with Gasteiger partial charge in [0, 0.05) is 79.9 Å². The SMILES string of the molecule is CNCCN(C)Cc1cn(N2CCC3(CCC(c4[nH]ncc4CN(C)CCNC)CC3)C2O)nc1C1CCC2(CC1)NC(=O)NC2=O. The molecule has 4 fully saturated rings. The van der Waals surface area contributed by atoms with Crippen LogP contribution in [0.3, 0.4) is 0 Å². The molecule has 260 valence electrons. The molecular weight excluding hydrogens is 598 g/mol. The molecule has 2 aliphatic heterocycles. The summed E-state index contributed by atoms with van der Waals surface area (Å²) in [5.41, 5.74) is 3.79. The maximum atomic E-state index is 12.6. The van der Waals surface area contributed by atoms with Gasteiger partial charge in [0.25, 0.3) is 5.91 Å². The third kappa shape index (κ3) is 6.93. The quantitative estimate of drug-likeness (QED) is 0.173. The van der Waals surface area contributed by atoms with Crippen molar-refractivity contribution in [2.45, 2.75) is 94.5 Å². The van der Waals surface area contributed by atoms with Crippen molar-refractivity contribution in [2.24, 2.45) is 5.41 Å². The molecule has 14 nitrogen and oxygen atoms in total. The van der Waals surface area contributed by atoms with Crippen molar-refractivity contribution in [1.82, 2.24) is 51.2 Å². The molecule has 4 aliphatic rings. The van der Waals surface area contributed by atoms with E-state index in [4.69, 9.17) is 5.10 Å². The molecule has 0 aromatic carbocycles. The fourth-order valence-corrected chi connectivity index (χ4v) is 8.52. The van der Waals surface area contributed by atoms with E-state index in [1.165, 1.54) is 11.3 Å². The second-order valence-corrected chi connectivity index (χ2v) is 14.6. The van der Waals surface area contributed by atoms with Crippen LogP contribution in [0.25, 0.3) is 0 Å². The fraction of sp³-hybridized carbons (Fsp3) is 0.758. The highest BCUT2D eigenvalue weighted by atomic mass is 16.3. The first-order chi connectivity index (χ1) is 22.7. The third-order valence-electron chi connectivity index (χ3n) is 11.5. The first-order valence-corrected chi connectivity index (χ1v) is 17.5. The number of rotatable bonds is 13. The lowest BCUT2D eigenvalue weighted by molar-refractivity contribution is -0.125. The number of hydrogen-bond donors (Lipinski definition) is 6. The van der Waals surface area contributed by atoms with Gasteiger partial charge in [0.15, 0.2) is 0 Å². The van der Waals surface area contributed by atoms with Gasteiger partial charge in [-0.3, -0.25) is 20.2 Å². The van der Waals surface area contributed by atoms with E-state index in [1.54, 1.807) is 0 Å². The van der Waals surface area contributed by atoms with Crippen LogP contribution in [0.5, 0.6) is 0 Å². The molecule has 2 spiro atoms. The van der Waals surface area contributed by atoms with Crippen LogP contribution in [-0.2, 0) is 17.9 Å². The van der Waals surface area contributed by atoms with E-state index < -0.39 is 17.8 Å². The number of aromatic nitrogens is 4. The van der Waals surface area contributed by atoms with Crippen LogP contribution in [0, 0.1) is 5.41 Å². The molecule has 1 unspecified atom stereocenters. The third-order valence-corrected chi connectivity index (χ3v) is 11.5. The minimum absolute atomic E-state index is 0.151. The number of urea groups is 1. The molecule has 47 heavy (non-hydrogen) atoms. The second kappa shape index (κ2) is 14.2. The number of carbonyl (C=O) groups is 2. The number of aromatic amines is 1. The number of hydrogen-bond acceptors (Lipinski definition) is 10. The summed E-state index contributed by atoms with van der Waals surface area (Å²) in [6.45, 7) is 6.12. The van der Waals surface area contributed by atoms with Gasteiger partial charge >= 0.3 is 6.03 Å². The lowest BCUT2D eigenvalue weighted by Gasteiger charge is -2.40. The maximum absolute atomic E-state index is 12.6. The first-order valence-electron chi connectivity index (χ1n) is 17.5. The molecule has 0 bridgehead atoms. The lowest BCUT2D eigenvalue weighted by Crippen LogP contribution is -2.49. The maximum Gasteiger partial charge on any atom is 0.322 e. The molecule has 3 amide bonds. The smallest absolute Gasteiger partial charge is 0.322 e. The Hall–Kier alpha value is -3.04. The Balaban J connectivity index is 1.14. The van der Waals surface area contributed by atoms with E-state index in [2.05, 4.69) is 66.6 Å². The van der Waals surface area contributed by atoms with Crippen LogP contribution >= 0.6 is 0 Å². The Morgan fingerprint density at radius 3 is 2.19 bits per heavy atom. The van der Waals surface area contributed by atoms with Gasteiger partial charge in [-0.25, -0.2) is 4.79 Å². The normalized spacial score (nSPS) is 29.5. The van der Waals surface area contributed by atoms with E-state index in [1.807, 2.05) is 25.1 Å². The van der Waals surface area contributed by atoms with Gasteiger partial charge in [-0.05, 0) is 86.0 Å². The Bertz CT molecular complexity index is 1380. The van der Waals surface area contributed by atoms with Crippen LogP contribution in [-0.4, -0.2) is 120 Å². The predicted octanol–water partition coefficient (Wildman–Crippen LogP) is 1.15. The Kier molecular flexibility index (Phi) is 10.2. The number of nitrogens with zero attached hydrogens (tertiary/aromatic N) is 6. The minimum atomic E-state index is -0.796. The average molecular weight is 654 g/mol. The number of carbonyl (C=O) groups excluding carboxylic acids is 2. The zero-order valence-electron chi connectivity index (χ0n) is 28.6. The largest absolute Gasteiger partial charge is 0.372 e. The van der Waals surface area contributed by atoms with Crippen molar-refractivity contribution < 1.29 is 14.7 Å². The van der Waals surface area contributed by atoms with Gasteiger partial charge in [0.05, 0.1) is 18.1 Å². The molecule has 1 atom stereocenters. The Morgan fingerprint density at radius 2 is 1.57 bits per heavy atom. The molecular formula is C33H55N11O3. The summed E-state index contributed by atoms with van der Waals surface area (Å²) in [7, 11) is 8.22. The Labute approximate surface area is 278 Å². The van der Waals surface area contributed by atoms with Gasteiger partial charge in [0.1, 0.15) is 11.8 Å². The predicted molar refractivity (Wildman–Crippen MR) is 179 cm³/mol. The van der Waals surface area contributed by atoms with Crippen LogP contribution in [0.1, 0.15) is 92.1 Å². The summed E-state index contributed by atoms with van der Waals surface area (Å²) >= 11 is 0. The molecule has 2 aromatic heterocycles. The summed E-state index contributed by atoms with van der Waals surface area (Å²) in [5.74, 6) is 0.402. The van der Waals surface area contributed by atoms with Crippen LogP contribution in [0.2, 0.25) is 0 Å². The zero-order chi connectivity index (χ0) is 33.2. The molecule has 14 heteroatoms. The van der Waals surface area contributed by atoms with Gasteiger partial charge in [0.2, 0.25) is 0 Å². The van der Waals surface area contributed by atoms with Gasteiger partial charge < -0.3 is 30.9 Å². The number of nitrogens with one attached hydrogen (secondary N) is 5. The highest BCUT2D eigenvalue weighted by Gasteiger charge is 2.51. The molecule has 6 N–H and O–H groups in total. The monoisotopic (exact) mass is 653 g/mol. The number of H-pyrrole nitrogens is 1. The molecule has 2 saturated heterocycles. The highest BCUT2D eigenvalue weighted by Crippen LogP contribution is 2.51. The van der Waals surface area contributed by atoms with E-state index in [9.17, 15) is 14.7 Å². The number of amides is 3. The first kappa shape index (κ1) is 33.8. The van der Waals surface area contributed by atoms with E-state index in [0.29, 0.717) is 18.8 Å². The van der Waals surface area contributed by atoms with Gasteiger partial charge in [-0.15, -0.1) is 0 Å². The van der Waals surface area contributed by atoms with Crippen molar-refractivity contribution in [1.29, 1.82) is 0 Å². The number of aliphatic hydroxyl groups is 1.